The van der Waals surface area contributed by atoms with Gasteiger partial charge in [0, 0.05) is 6.04 Å². The number of benzene rings is 1. The van der Waals surface area contributed by atoms with Crippen LogP contribution in [0.2, 0.25) is 0 Å². The minimum Gasteiger partial charge on any atom is -0.327 e. The van der Waals surface area contributed by atoms with Gasteiger partial charge in [0.2, 0.25) is 0 Å². The SMILES string of the molecule is N[C@@H]1CCC[C@H]1Cc1ccc(F)cc1. The lowest BCUT2D eigenvalue weighted by Crippen LogP contribution is -2.25. The molecule has 0 spiro atoms. The third kappa shape index (κ3) is 2.13. The smallest absolute Gasteiger partial charge is 0.123 e. The van der Waals surface area contributed by atoms with E-state index in [1.54, 1.807) is 0 Å². The van der Waals surface area contributed by atoms with Gasteiger partial charge in [-0.25, -0.2) is 4.39 Å². The number of halogens is 1. The summed E-state index contributed by atoms with van der Waals surface area (Å²) in [4.78, 5) is 0. The molecule has 2 heteroatoms. The zero-order valence-corrected chi connectivity index (χ0v) is 8.25. The zero-order valence-electron chi connectivity index (χ0n) is 8.25. The first-order chi connectivity index (χ1) is 6.75. The molecule has 0 aliphatic heterocycles. The largest absolute Gasteiger partial charge is 0.327 e. The summed E-state index contributed by atoms with van der Waals surface area (Å²) < 4.78 is 12.7. The molecule has 14 heavy (non-hydrogen) atoms. The number of nitrogens with two attached hydrogens (primary N) is 1. The normalized spacial score (nSPS) is 26.7. The molecular formula is C12H16FN. The van der Waals surface area contributed by atoms with Gasteiger partial charge in [0.1, 0.15) is 5.82 Å². The molecule has 0 aromatic heterocycles. The molecule has 76 valence electrons. The summed E-state index contributed by atoms with van der Waals surface area (Å²) in [6.45, 7) is 0. The lowest BCUT2D eigenvalue weighted by atomic mass is 9.95. The lowest BCUT2D eigenvalue weighted by Gasteiger charge is -2.14. The number of rotatable bonds is 2. The highest BCUT2D eigenvalue weighted by Gasteiger charge is 2.23. The van der Waals surface area contributed by atoms with Gasteiger partial charge >= 0.3 is 0 Å². The summed E-state index contributed by atoms with van der Waals surface area (Å²) in [5.41, 5.74) is 7.19. The van der Waals surface area contributed by atoms with E-state index in [2.05, 4.69) is 0 Å². The van der Waals surface area contributed by atoms with Gasteiger partial charge in [0.05, 0.1) is 0 Å². The van der Waals surface area contributed by atoms with Crippen molar-refractivity contribution in [1.82, 2.24) is 0 Å². The van der Waals surface area contributed by atoms with E-state index in [0.717, 1.165) is 12.8 Å². The summed E-state index contributed by atoms with van der Waals surface area (Å²) in [6.07, 6.45) is 4.61. The van der Waals surface area contributed by atoms with Crippen molar-refractivity contribution in [2.75, 3.05) is 0 Å². The molecule has 1 aliphatic rings. The van der Waals surface area contributed by atoms with Gasteiger partial charge < -0.3 is 5.73 Å². The van der Waals surface area contributed by atoms with Crippen molar-refractivity contribution in [3.8, 4) is 0 Å². The van der Waals surface area contributed by atoms with Gasteiger partial charge in [-0.05, 0) is 42.9 Å². The van der Waals surface area contributed by atoms with Crippen LogP contribution in [-0.4, -0.2) is 6.04 Å². The predicted molar refractivity (Wildman–Crippen MR) is 55.4 cm³/mol. The van der Waals surface area contributed by atoms with E-state index in [9.17, 15) is 4.39 Å². The molecule has 0 bridgehead atoms. The molecule has 0 unspecified atom stereocenters. The molecule has 1 saturated carbocycles. The number of hydrogen-bond donors (Lipinski definition) is 1. The Labute approximate surface area is 84.1 Å². The highest BCUT2D eigenvalue weighted by molar-refractivity contribution is 5.17. The van der Waals surface area contributed by atoms with E-state index in [1.807, 2.05) is 12.1 Å². The summed E-state index contributed by atoms with van der Waals surface area (Å²) >= 11 is 0. The van der Waals surface area contributed by atoms with Crippen molar-refractivity contribution in [3.05, 3.63) is 35.6 Å². The third-order valence-electron chi connectivity index (χ3n) is 3.13. The Morgan fingerprint density at radius 1 is 1.21 bits per heavy atom. The topological polar surface area (TPSA) is 26.0 Å². The standard InChI is InChI=1S/C12H16FN/c13-11-6-4-9(5-7-11)8-10-2-1-3-12(10)14/h4-7,10,12H,1-3,8,14H2/t10-,12+/m0/s1. The Morgan fingerprint density at radius 3 is 2.50 bits per heavy atom. The molecule has 2 N–H and O–H groups in total. The fourth-order valence-corrected chi connectivity index (χ4v) is 2.24. The van der Waals surface area contributed by atoms with E-state index >= 15 is 0 Å². The van der Waals surface area contributed by atoms with Crippen LogP contribution in [-0.2, 0) is 6.42 Å². The Morgan fingerprint density at radius 2 is 1.93 bits per heavy atom. The molecule has 1 aromatic carbocycles. The van der Waals surface area contributed by atoms with Crippen LogP contribution in [0.1, 0.15) is 24.8 Å². The molecule has 0 heterocycles. The van der Waals surface area contributed by atoms with Gasteiger partial charge in [-0.1, -0.05) is 18.6 Å². The van der Waals surface area contributed by atoms with Crippen LogP contribution < -0.4 is 5.73 Å². The van der Waals surface area contributed by atoms with Gasteiger partial charge in [0.15, 0.2) is 0 Å². The first-order valence-corrected chi connectivity index (χ1v) is 5.26. The zero-order chi connectivity index (χ0) is 9.97. The Hall–Kier alpha value is -0.890. The minimum atomic E-state index is -0.163. The second-order valence-electron chi connectivity index (χ2n) is 4.19. The lowest BCUT2D eigenvalue weighted by molar-refractivity contribution is 0.478. The quantitative estimate of drug-likeness (QED) is 0.767. The molecule has 0 saturated heterocycles. The van der Waals surface area contributed by atoms with E-state index in [4.69, 9.17) is 5.73 Å². The van der Waals surface area contributed by atoms with Crippen molar-refractivity contribution in [2.45, 2.75) is 31.7 Å². The molecule has 0 amide bonds. The minimum absolute atomic E-state index is 0.163. The molecular weight excluding hydrogens is 177 g/mol. The second kappa shape index (κ2) is 4.09. The fourth-order valence-electron chi connectivity index (χ4n) is 2.24. The van der Waals surface area contributed by atoms with Gasteiger partial charge in [-0.3, -0.25) is 0 Å². The highest BCUT2D eigenvalue weighted by atomic mass is 19.1. The maximum Gasteiger partial charge on any atom is 0.123 e. The van der Waals surface area contributed by atoms with E-state index in [-0.39, 0.29) is 5.82 Å². The predicted octanol–water partition coefficient (Wildman–Crippen LogP) is 2.50. The maximum atomic E-state index is 12.7. The van der Waals surface area contributed by atoms with Gasteiger partial charge in [-0.2, -0.15) is 0 Å². The van der Waals surface area contributed by atoms with Crippen LogP contribution in [0.25, 0.3) is 0 Å². The molecule has 0 radical (unpaired) electrons. The Balaban J connectivity index is 2.00. The summed E-state index contributed by atoms with van der Waals surface area (Å²) in [6, 6.07) is 7.12. The first-order valence-electron chi connectivity index (χ1n) is 5.26. The van der Waals surface area contributed by atoms with E-state index < -0.39 is 0 Å². The van der Waals surface area contributed by atoms with Gasteiger partial charge in [0.25, 0.3) is 0 Å². The maximum absolute atomic E-state index is 12.7. The van der Waals surface area contributed by atoms with Crippen LogP contribution >= 0.6 is 0 Å². The van der Waals surface area contributed by atoms with E-state index in [1.165, 1.54) is 30.5 Å². The monoisotopic (exact) mass is 193 g/mol. The molecule has 1 fully saturated rings. The molecule has 2 atom stereocenters. The van der Waals surface area contributed by atoms with Crippen LogP contribution in [0.15, 0.2) is 24.3 Å². The van der Waals surface area contributed by atoms with Crippen molar-refractivity contribution in [3.63, 3.8) is 0 Å². The average molecular weight is 193 g/mol. The Bertz CT molecular complexity index is 294. The summed E-state index contributed by atoms with van der Waals surface area (Å²) in [5, 5.41) is 0. The molecule has 1 aliphatic carbocycles. The summed E-state index contributed by atoms with van der Waals surface area (Å²) in [5.74, 6) is 0.435. The van der Waals surface area contributed by atoms with Crippen molar-refractivity contribution >= 4 is 0 Å². The third-order valence-corrected chi connectivity index (χ3v) is 3.13. The average Bonchev–Trinajstić information content (AvgIpc) is 2.56. The van der Waals surface area contributed by atoms with Crippen LogP contribution in [0.3, 0.4) is 0 Å². The van der Waals surface area contributed by atoms with Crippen molar-refractivity contribution in [1.29, 1.82) is 0 Å². The van der Waals surface area contributed by atoms with Crippen LogP contribution in [0.4, 0.5) is 4.39 Å². The van der Waals surface area contributed by atoms with Gasteiger partial charge in [-0.15, -0.1) is 0 Å². The van der Waals surface area contributed by atoms with Crippen molar-refractivity contribution in [2.24, 2.45) is 11.7 Å². The first kappa shape index (κ1) is 9.66. The fraction of sp³-hybridized carbons (Fsp3) is 0.500. The highest BCUT2D eigenvalue weighted by Crippen LogP contribution is 2.27. The summed E-state index contributed by atoms with van der Waals surface area (Å²) in [7, 11) is 0. The van der Waals surface area contributed by atoms with E-state index in [0.29, 0.717) is 12.0 Å². The van der Waals surface area contributed by atoms with Crippen LogP contribution in [0, 0.1) is 11.7 Å². The molecule has 1 nitrogen and oxygen atoms in total. The molecule has 2 rings (SSSR count). The van der Waals surface area contributed by atoms with Crippen LogP contribution in [0.5, 0.6) is 0 Å². The van der Waals surface area contributed by atoms with Crippen molar-refractivity contribution < 1.29 is 4.39 Å². The second-order valence-corrected chi connectivity index (χ2v) is 4.19. The number of hydrogen-bond acceptors (Lipinski definition) is 1. The molecule has 1 aromatic rings. The Kier molecular flexibility index (Phi) is 2.82.